The molecule has 27 heavy (non-hydrogen) atoms. The lowest BCUT2D eigenvalue weighted by Crippen LogP contribution is -2.49. The molecule has 6 atom stereocenters. The van der Waals surface area contributed by atoms with E-state index < -0.39 is 0 Å². The Morgan fingerprint density at radius 1 is 1.11 bits per heavy atom. The molecular formula is C22H26O5. The second kappa shape index (κ2) is 5.57. The molecule has 5 rings (SSSR count). The Labute approximate surface area is 159 Å². The highest BCUT2D eigenvalue weighted by molar-refractivity contribution is 5.69. The van der Waals surface area contributed by atoms with Gasteiger partial charge < -0.3 is 14.2 Å². The summed E-state index contributed by atoms with van der Waals surface area (Å²) in [6.07, 6.45) is 5.24. The zero-order valence-corrected chi connectivity index (χ0v) is 16.1. The standard InChI is InChI=1S/C22H26O5/c1-12(23)25-15-5-7-16-14(10-15)4-6-18-17-8-9-19(26-13(2)24)21(17,3)11-20-22(16,18)27-20/h5,7,10,17-20H,4,6,8-9,11H2,1-3H3/t17?,18?,19?,20-,21?,22+/m1/s1. The summed E-state index contributed by atoms with van der Waals surface area (Å²) < 4.78 is 17.4. The van der Waals surface area contributed by atoms with Gasteiger partial charge in [-0.25, -0.2) is 0 Å². The lowest BCUT2D eigenvalue weighted by atomic mass is 9.55. The Balaban J connectivity index is 1.48. The van der Waals surface area contributed by atoms with E-state index in [9.17, 15) is 9.59 Å². The topological polar surface area (TPSA) is 65.1 Å². The second-order valence-corrected chi connectivity index (χ2v) is 8.95. The molecule has 1 saturated heterocycles. The van der Waals surface area contributed by atoms with Crippen molar-refractivity contribution in [2.75, 3.05) is 0 Å². The van der Waals surface area contributed by atoms with Crippen molar-refractivity contribution in [1.82, 2.24) is 0 Å². The Morgan fingerprint density at radius 2 is 1.93 bits per heavy atom. The van der Waals surface area contributed by atoms with Gasteiger partial charge in [-0.05, 0) is 67.2 Å². The van der Waals surface area contributed by atoms with Crippen molar-refractivity contribution in [1.29, 1.82) is 0 Å². The van der Waals surface area contributed by atoms with Gasteiger partial charge in [0, 0.05) is 19.3 Å². The number of carbonyl (C=O) groups excluding carboxylic acids is 2. The maximum Gasteiger partial charge on any atom is 0.308 e. The lowest BCUT2D eigenvalue weighted by molar-refractivity contribution is -0.154. The Morgan fingerprint density at radius 3 is 2.67 bits per heavy atom. The fourth-order valence-electron chi connectivity index (χ4n) is 6.54. The van der Waals surface area contributed by atoms with E-state index in [4.69, 9.17) is 14.2 Å². The van der Waals surface area contributed by atoms with E-state index in [0.29, 0.717) is 17.6 Å². The molecule has 5 nitrogen and oxygen atoms in total. The van der Waals surface area contributed by atoms with Crippen molar-refractivity contribution in [2.45, 2.75) is 70.7 Å². The SMILES string of the molecule is CC(=O)Oc1ccc2c(c1)CCC1C3CCC(OC(C)=O)C3(C)C[C@H]3O[C@@]213. The number of carbonyl (C=O) groups is 2. The maximum absolute atomic E-state index is 11.6. The molecule has 1 aliphatic heterocycles. The minimum absolute atomic E-state index is 0.00920. The molecule has 0 N–H and O–H groups in total. The number of aryl methyl sites for hydroxylation is 1. The van der Waals surface area contributed by atoms with E-state index in [-0.39, 0.29) is 35.2 Å². The molecule has 2 saturated carbocycles. The summed E-state index contributed by atoms with van der Waals surface area (Å²) in [7, 11) is 0. The maximum atomic E-state index is 11.6. The number of hydrogen-bond acceptors (Lipinski definition) is 5. The van der Waals surface area contributed by atoms with Gasteiger partial charge in [0.2, 0.25) is 0 Å². The molecule has 1 spiro atoms. The molecule has 1 aromatic carbocycles. The first-order chi connectivity index (χ1) is 12.8. The van der Waals surface area contributed by atoms with Gasteiger partial charge in [0.15, 0.2) is 0 Å². The summed E-state index contributed by atoms with van der Waals surface area (Å²) in [6, 6.07) is 5.99. The molecule has 0 bridgehead atoms. The predicted octanol–water partition coefficient (Wildman–Crippen LogP) is 3.52. The Hall–Kier alpha value is -1.88. The van der Waals surface area contributed by atoms with Gasteiger partial charge in [0.25, 0.3) is 0 Å². The van der Waals surface area contributed by atoms with Crippen LogP contribution in [-0.2, 0) is 31.1 Å². The van der Waals surface area contributed by atoms with Crippen LogP contribution in [0.1, 0.15) is 57.6 Å². The molecule has 4 aliphatic rings. The van der Waals surface area contributed by atoms with Crippen LogP contribution < -0.4 is 4.74 Å². The van der Waals surface area contributed by atoms with E-state index in [1.807, 2.05) is 12.1 Å². The molecule has 0 amide bonds. The normalized spacial score (nSPS) is 40.9. The van der Waals surface area contributed by atoms with Crippen molar-refractivity contribution >= 4 is 11.9 Å². The van der Waals surface area contributed by atoms with Crippen molar-refractivity contribution in [3.63, 3.8) is 0 Å². The van der Waals surface area contributed by atoms with Gasteiger partial charge >= 0.3 is 11.9 Å². The second-order valence-electron chi connectivity index (χ2n) is 8.95. The van der Waals surface area contributed by atoms with Crippen LogP contribution in [0.3, 0.4) is 0 Å². The number of fused-ring (bicyclic) bond motifs is 3. The third kappa shape index (κ3) is 2.33. The quantitative estimate of drug-likeness (QED) is 0.453. The third-order valence-corrected chi connectivity index (χ3v) is 7.53. The summed E-state index contributed by atoms with van der Waals surface area (Å²) in [5.41, 5.74) is 2.34. The summed E-state index contributed by atoms with van der Waals surface area (Å²) >= 11 is 0. The number of esters is 2. The van der Waals surface area contributed by atoms with Crippen molar-refractivity contribution in [3.05, 3.63) is 29.3 Å². The van der Waals surface area contributed by atoms with Crippen LogP contribution in [-0.4, -0.2) is 24.1 Å². The highest BCUT2D eigenvalue weighted by atomic mass is 16.6. The van der Waals surface area contributed by atoms with E-state index >= 15 is 0 Å². The summed E-state index contributed by atoms with van der Waals surface area (Å²) in [5, 5.41) is 0. The van der Waals surface area contributed by atoms with Gasteiger partial charge in [-0.1, -0.05) is 13.0 Å². The highest BCUT2D eigenvalue weighted by Crippen LogP contribution is 2.71. The molecule has 3 fully saturated rings. The van der Waals surface area contributed by atoms with Gasteiger partial charge in [-0.15, -0.1) is 0 Å². The van der Waals surface area contributed by atoms with Crippen LogP contribution in [0.2, 0.25) is 0 Å². The molecule has 144 valence electrons. The number of hydrogen-bond donors (Lipinski definition) is 0. The molecule has 5 heteroatoms. The van der Waals surface area contributed by atoms with Crippen molar-refractivity contribution in [3.8, 4) is 5.75 Å². The van der Waals surface area contributed by atoms with Crippen LogP contribution in [0.5, 0.6) is 5.75 Å². The zero-order chi connectivity index (χ0) is 19.0. The number of epoxide rings is 1. The Bertz CT molecular complexity index is 832. The van der Waals surface area contributed by atoms with Crippen LogP contribution in [0.4, 0.5) is 0 Å². The molecule has 4 unspecified atom stereocenters. The van der Waals surface area contributed by atoms with Crippen LogP contribution in [0.15, 0.2) is 18.2 Å². The number of rotatable bonds is 2. The molecule has 1 heterocycles. The van der Waals surface area contributed by atoms with Gasteiger partial charge in [0.1, 0.15) is 17.5 Å². The lowest BCUT2D eigenvalue weighted by Gasteiger charge is -2.47. The molecule has 0 aromatic heterocycles. The highest BCUT2D eigenvalue weighted by Gasteiger charge is 2.74. The third-order valence-electron chi connectivity index (χ3n) is 7.53. The van der Waals surface area contributed by atoms with E-state index in [1.54, 1.807) is 0 Å². The number of ether oxygens (including phenoxy) is 3. The molecule has 0 radical (unpaired) electrons. The van der Waals surface area contributed by atoms with Crippen molar-refractivity contribution in [2.24, 2.45) is 17.3 Å². The smallest absolute Gasteiger partial charge is 0.308 e. The minimum Gasteiger partial charge on any atom is -0.462 e. The van der Waals surface area contributed by atoms with E-state index in [0.717, 1.165) is 32.1 Å². The first-order valence-corrected chi connectivity index (χ1v) is 10.0. The molecule has 1 aromatic rings. The predicted molar refractivity (Wildman–Crippen MR) is 97.1 cm³/mol. The first kappa shape index (κ1) is 17.2. The van der Waals surface area contributed by atoms with E-state index in [1.165, 1.54) is 25.0 Å². The largest absolute Gasteiger partial charge is 0.462 e. The van der Waals surface area contributed by atoms with Crippen molar-refractivity contribution < 1.29 is 23.8 Å². The first-order valence-electron chi connectivity index (χ1n) is 10.0. The summed E-state index contributed by atoms with van der Waals surface area (Å²) in [4.78, 5) is 22.8. The van der Waals surface area contributed by atoms with Gasteiger partial charge in [0.05, 0.1) is 6.10 Å². The van der Waals surface area contributed by atoms with Gasteiger partial charge in [-0.3, -0.25) is 9.59 Å². The summed E-state index contributed by atoms with van der Waals surface area (Å²) in [6.45, 7) is 5.23. The van der Waals surface area contributed by atoms with Crippen LogP contribution in [0.25, 0.3) is 0 Å². The zero-order valence-electron chi connectivity index (χ0n) is 16.1. The van der Waals surface area contributed by atoms with Crippen LogP contribution in [0, 0.1) is 17.3 Å². The fourth-order valence-corrected chi connectivity index (χ4v) is 6.54. The fraction of sp³-hybridized carbons (Fsp3) is 0.636. The van der Waals surface area contributed by atoms with E-state index in [2.05, 4.69) is 13.0 Å². The minimum atomic E-state index is -0.293. The monoisotopic (exact) mass is 370 g/mol. The van der Waals surface area contributed by atoms with Crippen LogP contribution >= 0.6 is 0 Å². The Kier molecular flexibility index (Phi) is 3.55. The average molecular weight is 370 g/mol. The average Bonchev–Trinajstić information content (AvgIpc) is 3.20. The van der Waals surface area contributed by atoms with Gasteiger partial charge in [-0.2, -0.15) is 0 Å². The molecule has 3 aliphatic carbocycles. The summed E-state index contributed by atoms with van der Waals surface area (Å²) in [5.74, 6) is 1.13. The molecular weight excluding hydrogens is 344 g/mol. The number of benzene rings is 1.